The predicted octanol–water partition coefficient (Wildman–Crippen LogP) is 5.31. The van der Waals surface area contributed by atoms with Crippen LogP contribution in [0.25, 0.3) is 0 Å². The van der Waals surface area contributed by atoms with Crippen molar-refractivity contribution in [3.05, 3.63) is 0 Å². The molecule has 4 atom stereocenters. The lowest BCUT2D eigenvalue weighted by Gasteiger charge is -2.34. The van der Waals surface area contributed by atoms with Crippen LogP contribution in [-0.2, 0) is 9.47 Å². The Bertz CT molecular complexity index is 317. The van der Waals surface area contributed by atoms with Gasteiger partial charge in [0.05, 0.1) is 12.2 Å². The molecule has 2 fully saturated rings. The van der Waals surface area contributed by atoms with Gasteiger partial charge in [-0.1, -0.05) is 41.5 Å². The second-order valence-corrected chi connectivity index (χ2v) is 8.84. The fraction of sp³-hybridized carbons (Fsp3) is 1.00. The van der Waals surface area contributed by atoms with Crippen LogP contribution in [0.5, 0.6) is 0 Å². The highest BCUT2D eigenvalue weighted by atomic mass is 16.5. The van der Waals surface area contributed by atoms with E-state index in [9.17, 15) is 0 Å². The molecular formula is C24H52N2O2. The summed E-state index contributed by atoms with van der Waals surface area (Å²) < 4.78 is 10.9. The molecule has 2 saturated heterocycles. The average Bonchev–Trinajstić information content (AvgIpc) is 3.38. The second-order valence-electron chi connectivity index (χ2n) is 8.84. The second kappa shape index (κ2) is 15.6. The van der Waals surface area contributed by atoms with Gasteiger partial charge in [0, 0.05) is 26.3 Å². The fourth-order valence-electron chi connectivity index (χ4n) is 4.88. The topological polar surface area (TPSA) is 24.9 Å². The van der Waals surface area contributed by atoms with Gasteiger partial charge in [-0.15, -0.1) is 0 Å². The molecule has 4 heteroatoms. The Balaban J connectivity index is 0.000000478. The smallest absolute Gasteiger partial charge is 0.0700 e. The molecule has 0 saturated carbocycles. The SMILES string of the molecule is CC.CO[C@H](C)[C@@H](C(C)C)N1CCCC1.CO[C@H](C)[C@H](C(C)C)N1CCCC1. The van der Waals surface area contributed by atoms with Crippen LogP contribution in [0.4, 0.5) is 0 Å². The fourth-order valence-corrected chi connectivity index (χ4v) is 4.88. The number of ether oxygens (including phenoxy) is 2. The predicted molar refractivity (Wildman–Crippen MR) is 123 cm³/mol. The average molecular weight is 401 g/mol. The molecule has 0 N–H and O–H groups in total. The summed E-state index contributed by atoms with van der Waals surface area (Å²) in [5.74, 6) is 1.38. The molecule has 0 aliphatic carbocycles. The first kappa shape index (κ1) is 27.8. The first-order valence-electron chi connectivity index (χ1n) is 11.9. The van der Waals surface area contributed by atoms with Crippen molar-refractivity contribution < 1.29 is 9.47 Å². The van der Waals surface area contributed by atoms with Crippen molar-refractivity contribution in [3.63, 3.8) is 0 Å². The minimum absolute atomic E-state index is 0.359. The molecule has 2 aliphatic rings. The van der Waals surface area contributed by atoms with E-state index in [2.05, 4.69) is 51.3 Å². The van der Waals surface area contributed by atoms with Crippen LogP contribution in [0.1, 0.15) is 81.1 Å². The molecule has 2 rings (SSSR count). The van der Waals surface area contributed by atoms with Gasteiger partial charge in [-0.2, -0.15) is 0 Å². The first-order valence-corrected chi connectivity index (χ1v) is 11.9. The summed E-state index contributed by atoms with van der Waals surface area (Å²) in [5, 5.41) is 0. The molecule has 2 heterocycles. The zero-order valence-electron chi connectivity index (χ0n) is 20.8. The first-order chi connectivity index (χ1) is 13.3. The monoisotopic (exact) mass is 400 g/mol. The highest BCUT2D eigenvalue weighted by molar-refractivity contribution is 4.84. The molecule has 4 nitrogen and oxygen atoms in total. The standard InChI is InChI=1S/2C11H23NO.C2H6/c2*1-9(2)11(10(3)13-4)12-7-5-6-8-12;1-2/h2*9-11H,5-8H2,1-4H3;1-2H3/t10-,11+;10-,11-;/m11./s1. The number of rotatable bonds is 8. The lowest BCUT2D eigenvalue weighted by molar-refractivity contribution is 0.0142. The number of nitrogens with zero attached hydrogens (tertiary/aromatic N) is 2. The third-order valence-corrected chi connectivity index (χ3v) is 6.20. The van der Waals surface area contributed by atoms with Crippen molar-refractivity contribution in [2.45, 2.75) is 105 Å². The molecule has 170 valence electrons. The summed E-state index contributed by atoms with van der Waals surface area (Å²) in [5.41, 5.74) is 0. The van der Waals surface area contributed by atoms with Gasteiger partial charge in [-0.25, -0.2) is 0 Å². The Morgan fingerprint density at radius 3 is 0.964 bits per heavy atom. The van der Waals surface area contributed by atoms with Crippen molar-refractivity contribution in [1.82, 2.24) is 9.80 Å². The van der Waals surface area contributed by atoms with Crippen LogP contribution < -0.4 is 0 Å². The van der Waals surface area contributed by atoms with Gasteiger partial charge in [0.1, 0.15) is 0 Å². The van der Waals surface area contributed by atoms with Crippen LogP contribution >= 0.6 is 0 Å². The maximum Gasteiger partial charge on any atom is 0.0700 e. The van der Waals surface area contributed by atoms with E-state index in [0.717, 1.165) is 0 Å². The van der Waals surface area contributed by atoms with Crippen LogP contribution in [0.15, 0.2) is 0 Å². The highest BCUT2D eigenvalue weighted by Gasteiger charge is 2.30. The number of methoxy groups -OCH3 is 2. The summed E-state index contributed by atoms with van der Waals surface area (Å²) in [6.45, 7) is 22.6. The molecule has 0 radical (unpaired) electrons. The molecule has 0 aromatic heterocycles. The lowest BCUT2D eigenvalue weighted by Crippen LogP contribution is -2.45. The van der Waals surface area contributed by atoms with Crippen molar-refractivity contribution in [2.75, 3.05) is 40.4 Å². The normalized spacial score (nSPS) is 22.3. The molecule has 0 spiro atoms. The van der Waals surface area contributed by atoms with Gasteiger partial charge in [0.25, 0.3) is 0 Å². The quantitative estimate of drug-likeness (QED) is 0.551. The number of likely N-dealkylation sites (tertiary alicyclic amines) is 2. The van der Waals surface area contributed by atoms with Crippen LogP contribution in [0.2, 0.25) is 0 Å². The Hall–Kier alpha value is -0.160. The highest BCUT2D eigenvalue weighted by Crippen LogP contribution is 2.22. The third-order valence-electron chi connectivity index (χ3n) is 6.20. The van der Waals surface area contributed by atoms with Gasteiger partial charge < -0.3 is 9.47 Å². The molecule has 0 aromatic rings. The molecule has 2 aliphatic heterocycles. The van der Waals surface area contributed by atoms with Crippen LogP contribution in [0, 0.1) is 11.8 Å². The summed E-state index contributed by atoms with van der Waals surface area (Å²) in [6.07, 6.45) is 6.16. The van der Waals surface area contributed by atoms with E-state index in [1.54, 1.807) is 0 Å². The van der Waals surface area contributed by atoms with E-state index >= 15 is 0 Å². The minimum atomic E-state index is 0.359. The van der Waals surface area contributed by atoms with Crippen molar-refractivity contribution in [3.8, 4) is 0 Å². The minimum Gasteiger partial charge on any atom is -0.380 e. The Morgan fingerprint density at radius 2 is 0.786 bits per heavy atom. The van der Waals surface area contributed by atoms with E-state index in [1.165, 1.54) is 51.9 Å². The molecule has 0 unspecified atom stereocenters. The van der Waals surface area contributed by atoms with Crippen molar-refractivity contribution >= 4 is 0 Å². The number of hydrogen-bond acceptors (Lipinski definition) is 4. The zero-order chi connectivity index (χ0) is 21.7. The molecule has 0 bridgehead atoms. The van der Waals surface area contributed by atoms with Gasteiger partial charge >= 0.3 is 0 Å². The maximum absolute atomic E-state index is 5.44. The van der Waals surface area contributed by atoms with E-state index in [-0.39, 0.29) is 0 Å². The van der Waals surface area contributed by atoms with E-state index in [1.807, 2.05) is 28.1 Å². The lowest BCUT2D eigenvalue weighted by atomic mass is 9.98. The van der Waals surface area contributed by atoms with Crippen LogP contribution in [-0.4, -0.2) is 74.5 Å². The summed E-state index contributed by atoms with van der Waals surface area (Å²) in [4.78, 5) is 5.16. The Labute approximate surface area is 177 Å². The summed E-state index contributed by atoms with van der Waals surface area (Å²) >= 11 is 0. The van der Waals surface area contributed by atoms with Gasteiger partial charge in [-0.3, -0.25) is 9.80 Å². The van der Waals surface area contributed by atoms with Crippen LogP contribution in [0.3, 0.4) is 0 Å². The summed E-state index contributed by atoms with van der Waals surface area (Å²) in [6, 6.07) is 1.21. The summed E-state index contributed by atoms with van der Waals surface area (Å²) in [7, 11) is 3.63. The molecule has 0 aromatic carbocycles. The Morgan fingerprint density at radius 1 is 0.536 bits per heavy atom. The zero-order valence-corrected chi connectivity index (χ0v) is 20.8. The third kappa shape index (κ3) is 9.11. The van der Waals surface area contributed by atoms with Gasteiger partial charge in [-0.05, 0) is 77.5 Å². The van der Waals surface area contributed by atoms with Gasteiger partial charge in [0.2, 0.25) is 0 Å². The molecular weight excluding hydrogens is 348 g/mol. The van der Waals surface area contributed by atoms with E-state index in [0.29, 0.717) is 36.1 Å². The number of hydrogen-bond donors (Lipinski definition) is 0. The van der Waals surface area contributed by atoms with Crippen molar-refractivity contribution in [1.29, 1.82) is 0 Å². The molecule has 0 amide bonds. The van der Waals surface area contributed by atoms with E-state index in [4.69, 9.17) is 9.47 Å². The maximum atomic E-state index is 5.44. The van der Waals surface area contributed by atoms with Crippen molar-refractivity contribution in [2.24, 2.45) is 11.8 Å². The molecule has 28 heavy (non-hydrogen) atoms. The van der Waals surface area contributed by atoms with E-state index < -0.39 is 0 Å². The Kier molecular flexibility index (Phi) is 15.6. The largest absolute Gasteiger partial charge is 0.380 e. The van der Waals surface area contributed by atoms with Gasteiger partial charge in [0.15, 0.2) is 0 Å².